The predicted octanol–water partition coefficient (Wildman–Crippen LogP) is 0.665. The lowest BCUT2D eigenvalue weighted by Gasteiger charge is -2.30. The molecule has 1 saturated carbocycles. The van der Waals surface area contributed by atoms with Crippen LogP contribution in [-0.4, -0.2) is 41.6 Å². The summed E-state index contributed by atoms with van der Waals surface area (Å²) in [7, 11) is -3.40. The fourth-order valence-corrected chi connectivity index (χ4v) is 4.57. The third-order valence-corrected chi connectivity index (χ3v) is 5.66. The van der Waals surface area contributed by atoms with Gasteiger partial charge in [0, 0.05) is 6.54 Å². The average molecular weight is 247 g/mol. The van der Waals surface area contributed by atoms with Crippen LogP contribution in [0.2, 0.25) is 0 Å². The van der Waals surface area contributed by atoms with Crippen molar-refractivity contribution in [3.63, 3.8) is 0 Å². The highest BCUT2D eigenvalue weighted by Gasteiger charge is 2.50. The molecule has 1 N–H and O–H groups in total. The first-order chi connectivity index (χ1) is 7.36. The second-order valence-corrected chi connectivity index (χ2v) is 6.91. The average Bonchev–Trinajstić information content (AvgIpc) is 2.84. The Morgan fingerprint density at radius 2 is 2.12 bits per heavy atom. The lowest BCUT2D eigenvalue weighted by atomic mass is 10.0. The van der Waals surface area contributed by atoms with Crippen LogP contribution < -0.4 is 0 Å². The van der Waals surface area contributed by atoms with E-state index in [9.17, 15) is 13.2 Å². The quantitative estimate of drug-likeness (QED) is 0.792. The Bertz CT molecular complexity index is 401. The number of nitrogens with zero attached hydrogens (tertiary/aromatic N) is 1. The molecule has 1 aliphatic heterocycles. The number of hydrogen-bond donors (Lipinski definition) is 1. The molecule has 1 atom stereocenters. The van der Waals surface area contributed by atoms with Crippen molar-refractivity contribution in [3.8, 4) is 0 Å². The molecule has 92 valence electrons. The third-order valence-electron chi connectivity index (χ3n) is 3.51. The minimum absolute atomic E-state index is 0.121. The van der Waals surface area contributed by atoms with Gasteiger partial charge in [-0.25, -0.2) is 8.42 Å². The Balaban J connectivity index is 2.21. The second kappa shape index (κ2) is 3.70. The topological polar surface area (TPSA) is 74.7 Å². The molecule has 0 amide bonds. The summed E-state index contributed by atoms with van der Waals surface area (Å²) < 4.78 is 25.3. The first kappa shape index (κ1) is 11.9. The summed E-state index contributed by atoms with van der Waals surface area (Å²) in [5.41, 5.74) is -1.23. The van der Waals surface area contributed by atoms with Crippen LogP contribution in [0.3, 0.4) is 0 Å². The van der Waals surface area contributed by atoms with Gasteiger partial charge in [0.25, 0.3) is 0 Å². The summed E-state index contributed by atoms with van der Waals surface area (Å²) in [6.07, 6.45) is 2.95. The number of sulfonamides is 1. The summed E-state index contributed by atoms with van der Waals surface area (Å²) >= 11 is 0. The smallest absolute Gasteiger partial charge is 0.324 e. The second-order valence-electron chi connectivity index (χ2n) is 4.98. The van der Waals surface area contributed by atoms with Crippen molar-refractivity contribution < 1.29 is 18.3 Å². The minimum atomic E-state index is -3.40. The largest absolute Gasteiger partial charge is 0.480 e. The van der Waals surface area contributed by atoms with E-state index in [-0.39, 0.29) is 11.7 Å². The van der Waals surface area contributed by atoms with Crippen LogP contribution in [-0.2, 0) is 14.8 Å². The maximum absolute atomic E-state index is 12.1. The van der Waals surface area contributed by atoms with Crippen LogP contribution in [0.1, 0.15) is 32.6 Å². The molecule has 0 radical (unpaired) electrons. The maximum Gasteiger partial charge on any atom is 0.324 e. The third kappa shape index (κ3) is 1.96. The van der Waals surface area contributed by atoms with E-state index in [0.29, 0.717) is 19.4 Å². The van der Waals surface area contributed by atoms with Gasteiger partial charge in [-0.1, -0.05) is 0 Å². The molecular weight excluding hydrogens is 230 g/mol. The molecule has 0 aromatic carbocycles. The Morgan fingerprint density at radius 3 is 2.62 bits per heavy atom. The predicted molar refractivity (Wildman–Crippen MR) is 58.5 cm³/mol. The Kier molecular flexibility index (Phi) is 2.74. The van der Waals surface area contributed by atoms with Gasteiger partial charge in [-0.15, -0.1) is 0 Å². The molecule has 1 heterocycles. The van der Waals surface area contributed by atoms with E-state index in [1.165, 1.54) is 11.2 Å². The highest BCUT2D eigenvalue weighted by atomic mass is 32.2. The van der Waals surface area contributed by atoms with Crippen LogP contribution in [0.4, 0.5) is 0 Å². The number of carbonyl (C=O) groups is 1. The zero-order chi connectivity index (χ0) is 12.0. The molecular formula is C10H17NO4S. The Morgan fingerprint density at radius 1 is 1.50 bits per heavy atom. The molecule has 6 heteroatoms. The normalized spacial score (nSPS) is 31.8. The lowest BCUT2D eigenvalue weighted by molar-refractivity contribution is -0.146. The molecule has 0 aromatic heterocycles. The SMILES string of the molecule is CC1(C(=O)O)CCCN1S(=O)(=O)CC1CC1. The number of carboxylic acids is 1. The molecule has 2 fully saturated rings. The van der Waals surface area contributed by atoms with Gasteiger partial charge in [-0.05, 0) is 38.5 Å². The van der Waals surface area contributed by atoms with Crippen molar-refractivity contribution in [2.75, 3.05) is 12.3 Å². The highest BCUT2D eigenvalue weighted by molar-refractivity contribution is 7.89. The van der Waals surface area contributed by atoms with Crippen molar-refractivity contribution in [3.05, 3.63) is 0 Å². The van der Waals surface area contributed by atoms with Crippen molar-refractivity contribution in [1.82, 2.24) is 4.31 Å². The van der Waals surface area contributed by atoms with E-state index in [2.05, 4.69) is 0 Å². The van der Waals surface area contributed by atoms with Crippen LogP contribution in [0, 0.1) is 5.92 Å². The Labute approximate surface area is 95.5 Å². The van der Waals surface area contributed by atoms with Crippen molar-refractivity contribution >= 4 is 16.0 Å². The van der Waals surface area contributed by atoms with E-state index in [4.69, 9.17) is 5.11 Å². The number of aliphatic carboxylic acids is 1. The van der Waals surface area contributed by atoms with Crippen molar-refractivity contribution in [2.45, 2.75) is 38.1 Å². The van der Waals surface area contributed by atoms with Gasteiger partial charge in [-0.3, -0.25) is 4.79 Å². The summed E-state index contributed by atoms with van der Waals surface area (Å²) in [5, 5.41) is 9.15. The first-order valence-corrected chi connectivity index (χ1v) is 7.21. The van der Waals surface area contributed by atoms with E-state index in [1.807, 2.05) is 0 Å². The molecule has 2 aliphatic rings. The zero-order valence-electron chi connectivity index (χ0n) is 9.35. The zero-order valence-corrected chi connectivity index (χ0v) is 10.2. The number of rotatable bonds is 4. The molecule has 1 unspecified atom stereocenters. The van der Waals surface area contributed by atoms with Crippen molar-refractivity contribution in [1.29, 1.82) is 0 Å². The van der Waals surface area contributed by atoms with Crippen molar-refractivity contribution in [2.24, 2.45) is 5.92 Å². The number of hydrogen-bond acceptors (Lipinski definition) is 3. The molecule has 1 aliphatic carbocycles. The molecule has 2 rings (SSSR count). The van der Waals surface area contributed by atoms with Gasteiger partial charge >= 0.3 is 5.97 Å². The van der Waals surface area contributed by atoms with Crippen LogP contribution >= 0.6 is 0 Å². The molecule has 16 heavy (non-hydrogen) atoms. The molecule has 0 bridgehead atoms. The van der Waals surface area contributed by atoms with Crippen LogP contribution in [0.5, 0.6) is 0 Å². The molecule has 5 nitrogen and oxygen atoms in total. The fraction of sp³-hybridized carbons (Fsp3) is 0.900. The van der Waals surface area contributed by atoms with Gasteiger partial charge in [0.05, 0.1) is 5.75 Å². The monoisotopic (exact) mass is 247 g/mol. The minimum Gasteiger partial charge on any atom is -0.480 e. The van der Waals surface area contributed by atoms with Gasteiger partial charge in [0.15, 0.2) is 0 Å². The molecule has 1 saturated heterocycles. The number of carboxylic acid groups (broad SMARTS) is 1. The van der Waals surface area contributed by atoms with Crippen LogP contribution in [0.25, 0.3) is 0 Å². The van der Waals surface area contributed by atoms with Gasteiger partial charge < -0.3 is 5.11 Å². The summed E-state index contributed by atoms with van der Waals surface area (Å²) in [6, 6.07) is 0. The maximum atomic E-state index is 12.1. The first-order valence-electron chi connectivity index (χ1n) is 5.60. The summed E-state index contributed by atoms with van der Waals surface area (Å²) in [5.74, 6) is -0.663. The van der Waals surface area contributed by atoms with E-state index in [0.717, 1.165) is 12.8 Å². The summed E-state index contributed by atoms with van der Waals surface area (Å²) in [6.45, 7) is 1.85. The van der Waals surface area contributed by atoms with Crippen LogP contribution in [0.15, 0.2) is 0 Å². The van der Waals surface area contributed by atoms with Gasteiger partial charge in [0.2, 0.25) is 10.0 Å². The molecule has 0 aromatic rings. The van der Waals surface area contributed by atoms with Gasteiger partial charge in [-0.2, -0.15) is 4.31 Å². The van der Waals surface area contributed by atoms with E-state index < -0.39 is 21.5 Å². The van der Waals surface area contributed by atoms with E-state index in [1.54, 1.807) is 0 Å². The Hall–Kier alpha value is -0.620. The lowest BCUT2D eigenvalue weighted by Crippen LogP contribution is -2.51. The van der Waals surface area contributed by atoms with Gasteiger partial charge in [0.1, 0.15) is 5.54 Å². The summed E-state index contributed by atoms with van der Waals surface area (Å²) in [4.78, 5) is 11.2. The highest BCUT2D eigenvalue weighted by Crippen LogP contribution is 2.36. The van der Waals surface area contributed by atoms with E-state index >= 15 is 0 Å². The molecule has 0 spiro atoms. The fourth-order valence-electron chi connectivity index (χ4n) is 2.27. The standard InChI is InChI=1S/C10H17NO4S/c1-10(9(12)13)5-2-6-11(10)16(14,15)7-8-3-4-8/h8H,2-7H2,1H3,(H,12,13).